The van der Waals surface area contributed by atoms with Gasteiger partial charge in [0.25, 0.3) is 17.5 Å². The van der Waals surface area contributed by atoms with E-state index in [2.05, 4.69) is 5.32 Å². The van der Waals surface area contributed by atoms with E-state index in [4.69, 9.17) is 14.2 Å². The molecule has 0 aromatic heterocycles. The van der Waals surface area contributed by atoms with E-state index in [0.29, 0.717) is 34.1 Å². The monoisotopic (exact) mass is 491 g/mol. The molecule has 36 heavy (non-hydrogen) atoms. The van der Waals surface area contributed by atoms with Gasteiger partial charge in [-0.2, -0.15) is 0 Å². The van der Waals surface area contributed by atoms with Crippen LogP contribution < -0.4 is 19.5 Å². The number of fused-ring (bicyclic) bond motifs is 1. The summed E-state index contributed by atoms with van der Waals surface area (Å²) in [5.41, 5.74) is 2.26. The number of amides is 2. The van der Waals surface area contributed by atoms with Crippen molar-refractivity contribution in [3.8, 4) is 17.2 Å². The van der Waals surface area contributed by atoms with Gasteiger partial charge in [0.1, 0.15) is 23.3 Å². The average Bonchev–Trinajstić information content (AvgIpc) is 3.01. The van der Waals surface area contributed by atoms with Crippen molar-refractivity contribution in [1.82, 2.24) is 4.90 Å². The fourth-order valence-corrected chi connectivity index (χ4v) is 4.12. The number of carbonyl (C=O) groups excluding carboxylic acids is 2. The highest BCUT2D eigenvalue weighted by molar-refractivity contribution is 5.99. The Kier molecular flexibility index (Phi) is 7.05. The van der Waals surface area contributed by atoms with Gasteiger partial charge in [0.05, 0.1) is 25.7 Å². The molecule has 0 radical (unpaired) electrons. The number of nitro groups is 1. The molecule has 1 aliphatic heterocycles. The van der Waals surface area contributed by atoms with Crippen molar-refractivity contribution in [2.24, 2.45) is 0 Å². The van der Waals surface area contributed by atoms with Gasteiger partial charge in [0.15, 0.2) is 6.61 Å². The molecule has 1 atom stereocenters. The van der Waals surface area contributed by atoms with Crippen LogP contribution in [-0.4, -0.2) is 42.5 Å². The second-order valence-corrected chi connectivity index (χ2v) is 8.18. The van der Waals surface area contributed by atoms with E-state index in [0.717, 1.165) is 5.56 Å². The molecule has 4 rings (SSSR count). The number of para-hydroxylation sites is 1. The largest absolute Gasteiger partial charge is 0.497 e. The van der Waals surface area contributed by atoms with Gasteiger partial charge >= 0.3 is 0 Å². The van der Waals surface area contributed by atoms with Crippen LogP contribution in [0.2, 0.25) is 0 Å². The summed E-state index contributed by atoms with van der Waals surface area (Å²) in [7, 11) is 3.06. The van der Waals surface area contributed by atoms with Gasteiger partial charge in [0.2, 0.25) is 0 Å². The van der Waals surface area contributed by atoms with Gasteiger partial charge in [-0.15, -0.1) is 0 Å². The van der Waals surface area contributed by atoms with E-state index in [1.807, 2.05) is 13.0 Å². The second kappa shape index (κ2) is 10.3. The van der Waals surface area contributed by atoms with Gasteiger partial charge in [-0.25, -0.2) is 0 Å². The molecular weight excluding hydrogens is 466 g/mol. The quantitative estimate of drug-likeness (QED) is 0.391. The van der Waals surface area contributed by atoms with Gasteiger partial charge in [-0.1, -0.05) is 18.2 Å². The maximum Gasteiger partial charge on any atom is 0.269 e. The first kappa shape index (κ1) is 24.5. The molecule has 0 bridgehead atoms. The van der Waals surface area contributed by atoms with Crippen LogP contribution in [0, 0.1) is 17.0 Å². The van der Waals surface area contributed by atoms with E-state index in [9.17, 15) is 19.7 Å². The van der Waals surface area contributed by atoms with Crippen LogP contribution >= 0.6 is 0 Å². The highest BCUT2D eigenvalue weighted by Gasteiger charge is 2.37. The Morgan fingerprint density at radius 2 is 1.89 bits per heavy atom. The third-order valence-electron chi connectivity index (χ3n) is 5.94. The molecule has 10 nitrogen and oxygen atoms in total. The lowest BCUT2D eigenvalue weighted by molar-refractivity contribution is -0.384. The number of benzene rings is 3. The fourth-order valence-electron chi connectivity index (χ4n) is 4.12. The third-order valence-corrected chi connectivity index (χ3v) is 5.94. The topological polar surface area (TPSA) is 120 Å². The summed E-state index contributed by atoms with van der Waals surface area (Å²) < 4.78 is 16.6. The number of carbonyl (C=O) groups is 2. The Balaban J connectivity index is 1.74. The van der Waals surface area contributed by atoms with Crippen molar-refractivity contribution in [1.29, 1.82) is 0 Å². The lowest BCUT2D eigenvalue weighted by Crippen LogP contribution is -2.41. The van der Waals surface area contributed by atoms with Crippen molar-refractivity contribution in [3.05, 3.63) is 87.5 Å². The minimum absolute atomic E-state index is 0.0705. The van der Waals surface area contributed by atoms with Crippen LogP contribution in [0.1, 0.15) is 22.7 Å². The number of anilines is 1. The SMILES string of the molecule is COc1ccc(CN2C(=O)COc3c(C)cccc3C2C(=O)Nc2ccc([N+](=O)[O-])cc2)c(OC)c1. The summed E-state index contributed by atoms with van der Waals surface area (Å²) >= 11 is 0. The molecule has 186 valence electrons. The number of rotatable bonds is 7. The Hall–Kier alpha value is -4.60. The highest BCUT2D eigenvalue weighted by Crippen LogP contribution is 2.38. The molecule has 2 amide bonds. The van der Waals surface area contributed by atoms with Gasteiger partial charge in [0, 0.05) is 35.0 Å². The van der Waals surface area contributed by atoms with Crippen molar-refractivity contribution in [2.45, 2.75) is 19.5 Å². The van der Waals surface area contributed by atoms with Gasteiger partial charge < -0.3 is 24.4 Å². The maximum absolute atomic E-state index is 13.7. The molecule has 3 aromatic carbocycles. The third kappa shape index (κ3) is 4.92. The Bertz CT molecular complexity index is 1310. The number of nitrogens with zero attached hydrogens (tertiary/aromatic N) is 2. The lowest BCUT2D eigenvalue weighted by Gasteiger charge is -2.30. The second-order valence-electron chi connectivity index (χ2n) is 8.18. The first-order valence-electron chi connectivity index (χ1n) is 11.1. The standard InChI is InChI=1S/C26H25N3O7/c1-16-5-4-6-21-24(26(31)27-18-8-10-19(11-9-18)29(32)33)28(23(30)15-36-25(16)21)14-17-7-12-20(34-2)13-22(17)35-3/h4-13,24H,14-15H2,1-3H3,(H,27,31). The van der Waals surface area contributed by atoms with Crippen LogP contribution in [-0.2, 0) is 16.1 Å². The number of non-ortho nitro benzene ring substituents is 1. The number of hydrogen-bond donors (Lipinski definition) is 1. The highest BCUT2D eigenvalue weighted by atomic mass is 16.6. The predicted molar refractivity (Wildman–Crippen MR) is 131 cm³/mol. The van der Waals surface area contributed by atoms with Crippen LogP contribution in [0.4, 0.5) is 11.4 Å². The minimum atomic E-state index is -1.03. The van der Waals surface area contributed by atoms with Crippen molar-refractivity contribution in [3.63, 3.8) is 0 Å². The molecule has 1 heterocycles. The summed E-state index contributed by atoms with van der Waals surface area (Å²) in [5.74, 6) is 0.703. The van der Waals surface area contributed by atoms with Crippen LogP contribution in [0.5, 0.6) is 17.2 Å². The van der Waals surface area contributed by atoms with Crippen molar-refractivity contribution >= 4 is 23.2 Å². The molecule has 3 aromatic rings. The molecule has 0 saturated carbocycles. The molecule has 0 saturated heterocycles. The number of hydrogen-bond acceptors (Lipinski definition) is 7. The number of nitro benzene ring substituents is 1. The molecule has 1 unspecified atom stereocenters. The molecular formula is C26H25N3O7. The smallest absolute Gasteiger partial charge is 0.269 e. The van der Waals surface area contributed by atoms with E-state index < -0.39 is 16.9 Å². The lowest BCUT2D eigenvalue weighted by atomic mass is 9.99. The minimum Gasteiger partial charge on any atom is -0.497 e. The zero-order chi connectivity index (χ0) is 25.8. The average molecular weight is 492 g/mol. The molecule has 0 aliphatic carbocycles. The fraction of sp³-hybridized carbons (Fsp3) is 0.231. The first-order chi connectivity index (χ1) is 17.3. The maximum atomic E-state index is 13.7. The first-order valence-corrected chi connectivity index (χ1v) is 11.1. The van der Waals surface area contributed by atoms with Crippen LogP contribution in [0.25, 0.3) is 0 Å². The van der Waals surface area contributed by atoms with Crippen molar-refractivity contribution in [2.75, 3.05) is 26.1 Å². The number of nitrogens with one attached hydrogen (secondary N) is 1. The summed E-state index contributed by atoms with van der Waals surface area (Å²) in [6.45, 7) is 1.68. The van der Waals surface area contributed by atoms with Crippen LogP contribution in [0.3, 0.4) is 0 Å². The number of methoxy groups -OCH3 is 2. The Labute approximate surface area is 207 Å². The van der Waals surface area contributed by atoms with Crippen LogP contribution in [0.15, 0.2) is 60.7 Å². The summed E-state index contributed by atoms with van der Waals surface area (Å²) in [4.78, 5) is 38.9. The number of aryl methyl sites for hydroxylation is 1. The van der Waals surface area contributed by atoms with E-state index in [1.54, 1.807) is 37.4 Å². The Morgan fingerprint density at radius 3 is 2.56 bits per heavy atom. The summed E-state index contributed by atoms with van der Waals surface area (Å²) in [6, 6.07) is 15.1. The van der Waals surface area contributed by atoms with Gasteiger partial charge in [-0.3, -0.25) is 19.7 Å². The molecule has 1 N–H and O–H groups in total. The zero-order valence-electron chi connectivity index (χ0n) is 20.0. The van der Waals surface area contributed by atoms with E-state index in [-0.39, 0.29) is 24.7 Å². The molecule has 1 aliphatic rings. The van der Waals surface area contributed by atoms with Crippen molar-refractivity contribution < 1.29 is 28.7 Å². The Morgan fingerprint density at radius 1 is 1.14 bits per heavy atom. The molecule has 0 spiro atoms. The number of ether oxygens (including phenoxy) is 3. The van der Waals surface area contributed by atoms with E-state index in [1.165, 1.54) is 36.3 Å². The van der Waals surface area contributed by atoms with E-state index >= 15 is 0 Å². The summed E-state index contributed by atoms with van der Waals surface area (Å²) in [6.07, 6.45) is 0. The molecule has 10 heteroatoms. The molecule has 0 fully saturated rings. The zero-order valence-corrected chi connectivity index (χ0v) is 20.0. The van der Waals surface area contributed by atoms with Gasteiger partial charge in [-0.05, 0) is 36.8 Å². The predicted octanol–water partition coefficient (Wildman–Crippen LogP) is 4.02. The summed E-state index contributed by atoms with van der Waals surface area (Å²) in [5, 5.41) is 13.8. The normalized spacial score (nSPS) is 14.8.